The molecule has 2 N–H and O–H groups in total. The minimum absolute atomic E-state index is 0.0187. The van der Waals surface area contributed by atoms with Crippen LogP contribution in [0.25, 0.3) is 0 Å². The molecule has 0 radical (unpaired) electrons. The zero-order valence-corrected chi connectivity index (χ0v) is 16.6. The smallest absolute Gasteiger partial charge is 0.233 e. The van der Waals surface area contributed by atoms with Crippen molar-refractivity contribution >= 4 is 11.6 Å². The van der Waals surface area contributed by atoms with Crippen LogP contribution in [0.3, 0.4) is 0 Å². The molecule has 0 saturated carbocycles. The maximum Gasteiger partial charge on any atom is 0.233 e. The normalized spacial score (nSPS) is 20.0. The second kappa shape index (κ2) is 8.73. The van der Waals surface area contributed by atoms with Gasteiger partial charge in [-0.05, 0) is 44.2 Å². The first-order valence-electron chi connectivity index (χ1n) is 10.4. The van der Waals surface area contributed by atoms with E-state index in [1.807, 2.05) is 13.0 Å². The summed E-state index contributed by atoms with van der Waals surface area (Å²) >= 11 is 0. The molecule has 2 atom stereocenters. The zero-order chi connectivity index (χ0) is 19.3. The lowest BCUT2D eigenvalue weighted by atomic mass is 10.1. The van der Waals surface area contributed by atoms with E-state index in [1.54, 1.807) is 0 Å². The number of hydrogen-bond acceptors (Lipinski definition) is 5. The summed E-state index contributed by atoms with van der Waals surface area (Å²) in [7, 11) is 0. The first-order valence-corrected chi connectivity index (χ1v) is 10.4. The highest BCUT2D eigenvalue weighted by Crippen LogP contribution is 2.23. The molecule has 7 nitrogen and oxygen atoms in total. The number of amides is 1. The summed E-state index contributed by atoms with van der Waals surface area (Å²) in [5, 5.41) is 15.0. The van der Waals surface area contributed by atoms with Gasteiger partial charge in [0, 0.05) is 38.3 Å². The Balaban J connectivity index is 1.20. The summed E-state index contributed by atoms with van der Waals surface area (Å²) in [4.78, 5) is 14.7. The van der Waals surface area contributed by atoms with Crippen LogP contribution in [-0.4, -0.2) is 46.9 Å². The molecule has 28 heavy (non-hydrogen) atoms. The molecule has 1 aromatic heterocycles. The number of nitrogens with one attached hydrogen (secondary N) is 2. The van der Waals surface area contributed by atoms with Crippen molar-refractivity contribution in [2.75, 3.05) is 31.1 Å². The maximum absolute atomic E-state index is 12.3. The molecule has 0 aliphatic carbocycles. The topological polar surface area (TPSA) is 75.1 Å². The van der Waals surface area contributed by atoms with Crippen LogP contribution in [0.1, 0.15) is 43.9 Å². The molecule has 2 aromatic rings. The average Bonchev–Trinajstić information content (AvgIpc) is 3.38. The minimum atomic E-state index is 0.0187. The largest absolute Gasteiger partial charge is 0.371 e. The van der Waals surface area contributed by atoms with Gasteiger partial charge in [0.15, 0.2) is 0 Å². The number of anilines is 1. The van der Waals surface area contributed by atoms with Crippen molar-refractivity contribution < 1.29 is 4.79 Å². The van der Waals surface area contributed by atoms with Crippen molar-refractivity contribution in [3.63, 3.8) is 0 Å². The van der Waals surface area contributed by atoms with Crippen LogP contribution < -0.4 is 15.5 Å². The Hall–Kier alpha value is -2.41. The number of rotatable bonds is 7. The SMILES string of the molecule is C[C@H](NCC(=O)NC[C@H]1CCN(c2ccccc2)C1)c1nnc2n1CCCC2. The zero-order valence-electron chi connectivity index (χ0n) is 16.6. The number of carbonyl (C=O) groups is 1. The van der Waals surface area contributed by atoms with Crippen molar-refractivity contribution in [1.29, 1.82) is 0 Å². The Labute approximate surface area is 166 Å². The predicted molar refractivity (Wildman–Crippen MR) is 109 cm³/mol. The number of hydrogen-bond donors (Lipinski definition) is 2. The van der Waals surface area contributed by atoms with E-state index < -0.39 is 0 Å². The maximum atomic E-state index is 12.3. The molecule has 0 bridgehead atoms. The van der Waals surface area contributed by atoms with Gasteiger partial charge < -0.3 is 14.8 Å². The van der Waals surface area contributed by atoms with E-state index in [9.17, 15) is 4.79 Å². The average molecular weight is 383 g/mol. The Bertz CT molecular complexity index is 789. The predicted octanol–water partition coefficient (Wildman–Crippen LogP) is 1.91. The van der Waals surface area contributed by atoms with Crippen LogP contribution in [0.2, 0.25) is 0 Å². The number of aryl methyl sites for hydroxylation is 1. The number of nitrogens with zero attached hydrogens (tertiary/aromatic N) is 4. The first kappa shape index (κ1) is 18.9. The molecule has 1 amide bonds. The molecule has 0 unspecified atom stereocenters. The van der Waals surface area contributed by atoms with Crippen LogP contribution >= 0.6 is 0 Å². The highest BCUT2D eigenvalue weighted by Gasteiger charge is 2.23. The lowest BCUT2D eigenvalue weighted by Crippen LogP contribution is -2.38. The van der Waals surface area contributed by atoms with Gasteiger partial charge in [-0.15, -0.1) is 10.2 Å². The van der Waals surface area contributed by atoms with E-state index in [2.05, 4.69) is 54.6 Å². The summed E-state index contributed by atoms with van der Waals surface area (Å²) in [5.41, 5.74) is 1.27. The molecule has 0 spiro atoms. The van der Waals surface area contributed by atoms with E-state index in [-0.39, 0.29) is 11.9 Å². The molecule has 150 valence electrons. The van der Waals surface area contributed by atoms with Crippen molar-refractivity contribution in [2.24, 2.45) is 5.92 Å². The fourth-order valence-corrected chi connectivity index (χ4v) is 4.18. The van der Waals surface area contributed by atoms with E-state index >= 15 is 0 Å². The van der Waals surface area contributed by atoms with Gasteiger partial charge in [-0.1, -0.05) is 18.2 Å². The van der Waals surface area contributed by atoms with Gasteiger partial charge in [0.2, 0.25) is 5.91 Å². The molecule has 7 heteroatoms. The number of para-hydroxylation sites is 1. The van der Waals surface area contributed by atoms with E-state index in [0.29, 0.717) is 12.5 Å². The Kier molecular flexibility index (Phi) is 5.90. The standard InChI is InChI=1S/C21H30N6O/c1-16(21-25-24-19-9-5-6-11-27(19)21)22-14-20(28)23-13-17-10-12-26(15-17)18-7-3-2-4-8-18/h2-4,7-8,16-17,22H,5-6,9-15H2,1H3,(H,23,28)/t16-,17+/m0/s1. The van der Waals surface area contributed by atoms with Gasteiger partial charge in [-0.3, -0.25) is 10.1 Å². The monoisotopic (exact) mass is 382 g/mol. The third-order valence-electron chi connectivity index (χ3n) is 5.84. The van der Waals surface area contributed by atoms with Gasteiger partial charge in [-0.2, -0.15) is 0 Å². The van der Waals surface area contributed by atoms with E-state index in [1.165, 1.54) is 18.5 Å². The summed E-state index contributed by atoms with van der Waals surface area (Å²) in [6.07, 6.45) is 4.48. The van der Waals surface area contributed by atoms with Crippen LogP contribution in [0.4, 0.5) is 5.69 Å². The third-order valence-corrected chi connectivity index (χ3v) is 5.84. The highest BCUT2D eigenvalue weighted by molar-refractivity contribution is 5.78. The molecule has 1 aromatic carbocycles. The van der Waals surface area contributed by atoms with Crippen molar-refractivity contribution in [1.82, 2.24) is 25.4 Å². The molecule has 3 heterocycles. The van der Waals surface area contributed by atoms with Gasteiger partial charge >= 0.3 is 0 Å². The van der Waals surface area contributed by atoms with Gasteiger partial charge in [0.25, 0.3) is 0 Å². The number of benzene rings is 1. The van der Waals surface area contributed by atoms with Gasteiger partial charge in [0.05, 0.1) is 12.6 Å². The summed E-state index contributed by atoms with van der Waals surface area (Å²) in [6.45, 7) is 6.12. The quantitative estimate of drug-likeness (QED) is 0.765. The summed E-state index contributed by atoms with van der Waals surface area (Å²) in [6, 6.07) is 10.5. The second-order valence-corrected chi connectivity index (χ2v) is 7.93. The Morgan fingerprint density at radius 1 is 1.21 bits per heavy atom. The molecule has 4 rings (SSSR count). The Morgan fingerprint density at radius 3 is 2.93 bits per heavy atom. The van der Waals surface area contributed by atoms with Crippen molar-refractivity contribution in [2.45, 2.75) is 45.2 Å². The van der Waals surface area contributed by atoms with Crippen LogP contribution in [0.15, 0.2) is 30.3 Å². The van der Waals surface area contributed by atoms with Crippen molar-refractivity contribution in [3.8, 4) is 0 Å². The van der Waals surface area contributed by atoms with Crippen LogP contribution in [0, 0.1) is 5.92 Å². The molecular formula is C21H30N6O. The molecule has 1 fully saturated rings. The van der Waals surface area contributed by atoms with Gasteiger partial charge in [-0.25, -0.2) is 0 Å². The lowest BCUT2D eigenvalue weighted by Gasteiger charge is -2.19. The lowest BCUT2D eigenvalue weighted by molar-refractivity contribution is -0.120. The third kappa shape index (κ3) is 4.35. The second-order valence-electron chi connectivity index (χ2n) is 7.93. The molecule has 1 saturated heterocycles. The summed E-state index contributed by atoms with van der Waals surface area (Å²) in [5.74, 6) is 2.56. The number of carbonyl (C=O) groups excluding carboxylic acids is 1. The molecular weight excluding hydrogens is 352 g/mol. The fourth-order valence-electron chi connectivity index (χ4n) is 4.18. The molecule has 2 aliphatic heterocycles. The van der Waals surface area contributed by atoms with Crippen LogP contribution in [0.5, 0.6) is 0 Å². The number of aromatic nitrogens is 3. The minimum Gasteiger partial charge on any atom is -0.371 e. The van der Waals surface area contributed by atoms with E-state index in [4.69, 9.17) is 0 Å². The first-order chi connectivity index (χ1) is 13.7. The van der Waals surface area contributed by atoms with Gasteiger partial charge in [0.1, 0.15) is 11.6 Å². The Morgan fingerprint density at radius 2 is 2.07 bits per heavy atom. The van der Waals surface area contributed by atoms with Crippen LogP contribution in [-0.2, 0) is 17.8 Å². The summed E-state index contributed by atoms with van der Waals surface area (Å²) < 4.78 is 2.20. The van der Waals surface area contributed by atoms with Crippen molar-refractivity contribution in [3.05, 3.63) is 42.0 Å². The number of fused-ring (bicyclic) bond motifs is 1. The van der Waals surface area contributed by atoms with E-state index in [0.717, 1.165) is 50.7 Å². The highest BCUT2D eigenvalue weighted by atomic mass is 16.1. The molecule has 2 aliphatic rings. The fraction of sp³-hybridized carbons (Fsp3) is 0.571.